The van der Waals surface area contributed by atoms with Crippen LogP contribution in [0.2, 0.25) is 10.0 Å². The van der Waals surface area contributed by atoms with Gasteiger partial charge >= 0.3 is 0 Å². The number of ether oxygens (including phenoxy) is 1. The van der Waals surface area contributed by atoms with Gasteiger partial charge in [-0.1, -0.05) is 59.7 Å². The van der Waals surface area contributed by atoms with Gasteiger partial charge in [0.2, 0.25) is 0 Å². The van der Waals surface area contributed by atoms with E-state index < -0.39 is 0 Å². The standard InChI is InChI=1S/C20H18Cl2N2OS/c21-17-6-5-14(11-18(17)22)12-24-13-16(15-3-1-2-4-19(15)24)20(26)23-7-9-25-10-8-23/h1-6,11,13H,7-10,12H2. The molecule has 0 spiro atoms. The number of aromatic nitrogens is 1. The number of morpholine rings is 1. The van der Waals surface area contributed by atoms with Gasteiger partial charge in [0.15, 0.2) is 0 Å². The Labute approximate surface area is 168 Å². The van der Waals surface area contributed by atoms with Gasteiger partial charge in [-0.2, -0.15) is 0 Å². The molecule has 4 rings (SSSR count). The molecular formula is C20H18Cl2N2OS. The maximum atomic E-state index is 6.18. The lowest BCUT2D eigenvalue weighted by Gasteiger charge is -2.29. The predicted molar refractivity (Wildman–Crippen MR) is 112 cm³/mol. The monoisotopic (exact) mass is 404 g/mol. The average Bonchev–Trinajstić information content (AvgIpc) is 3.03. The minimum atomic E-state index is 0.571. The first-order chi connectivity index (χ1) is 12.6. The summed E-state index contributed by atoms with van der Waals surface area (Å²) in [6, 6.07) is 14.1. The Bertz CT molecular complexity index is 964. The highest BCUT2D eigenvalue weighted by molar-refractivity contribution is 7.80. The van der Waals surface area contributed by atoms with Crippen LogP contribution < -0.4 is 0 Å². The molecule has 3 nitrogen and oxygen atoms in total. The number of hydrogen-bond acceptors (Lipinski definition) is 2. The maximum Gasteiger partial charge on any atom is 0.111 e. The highest BCUT2D eigenvalue weighted by atomic mass is 35.5. The summed E-state index contributed by atoms with van der Waals surface area (Å²) in [5.74, 6) is 0. The Hall–Kier alpha value is -1.59. The van der Waals surface area contributed by atoms with Crippen LogP contribution in [-0.4, -0.2) is 40.8 Å². The lowest BCUT2D eigenvalue weighted by molar-refractivity contribution is 0.0693. The Kier molecular flexibility index (Phi) is 5.18. The Morgan fingerprint density at radius 1 is 1.04 bits per heavy atom. The number of benzene rings is 2. The molecule has 0 bridgehead atoms. The van der Waals surface area contributed by atoms with Crippen molar-refractivity contribution in [2.24, 2.45) is 0 Å². The lowest BCUT2D eigenvalue weighted by Crippen LogP contribution is -2.40. The van der Waals surface area contributed by atoms with E-state index in [1.165, 1.54) is 5.39 Å². The molecule has 0 radical (unpaired) electrons. The van der Waals surface area contributed by atoms with Gasteiger partial charge < -0.3 is 14.2 Å². The second-order valence-corrected chi connectivity index (χ2v) is 7.54. The zero-order chi connectivity index (χ0) is 18.1. The van der Waals surface area contributed by atoms with Crippen molar-refractivity contribution in [3.8, 4) is 0 Å². The third kappa shape index (κ3) is 3.47. The van der Waals surface area contributed by atoms with Gasteiger partial charge in [-0.3, -0.25) is 0 Å². The van der Waals surface area contributed by atoms with Crippen LogP contribution in [0.15, 0.2) is 48.7 Å². The second-order valence-electron chi connectivity index (χ2n) is 6.34. The molecule has 0 aliphatic carbocycles. The summed E-state index contributed by atoms with van der Waals surface area (Å²) >= 11 is 18.0. The quantitative estimate of drug-likeness (QED) is 0.571. The second kappa shape index (κ2) is 7.57. The van der Waals surface area contributed by atoms with E-state index >= 15 is 0 Å². The van der Waals surface area contributed by atoms with Gasteiger partial charge in [-0.15, -0.1) is 0 Å². The Balaban J connectivity index is 1.71. The molecular weight excluding hydrogens is 387 g/mol. The zero-order valence-corrected chi connectivity index (χ0v) is 16.4. The Morgan fingerprint density at radius 3 is 2.58 bits per heavy atom. The molecule has 26 heavy (non-hydrogen) atoms. The molecule has 2 heterocycles. The fraction of sp³-hybridized carbons (Fsp3) is 0.250. The lowest BCUT2D eigenvalue weighted by atomic mass is 10.1. The number of nitrogens with zero attached hydrogens (tertiary/aromatic N) is 2. The van der Waals surface area contributed by atoms with Crippen molar-refractivity contribution >= 4 is 51.3 Å². The van der Waals surface area contributed by atoms with Crippen LogP contribution in [0, 0.1) is 0 Å². The summed E-state index contributed by atoms with van der Waals surface area (Å²) < 4.78 is 7.67. The van der Waals surface area contributed by atoms with Gasteiger partial charge in [0.25, 0.3) is 0 Å². The smallest absolute Gasteiger partial charge is 0.111 e. The van der Waals surface area contributed by atoms with Crippen LogP contribution in [0.5, 0.6) is 0 Å². The molecule has 1 aromatic heterocycles. The van der Waals surface area contributed by atoms with Crippen molar-refractivity contribution in [2.75, 3.05) is 26.3 Å². The maximum absolute atomic E-state index is 6.18. The normalized spacial score (nSPS) is 14.8. The first kappa shape index (κ1) is 17.8. The topological polar surface area (TPSA) is 17.4 Å². The van der Waals surface area contributed by atoms with E-state index in [1.54, 1.807) is 0 Å². The number of hydrogen-bond donors (Lipinski definition) is 0. The van der Waals surface area contributed by atoms with Crippen LogP contribution in [0.1, 0.15) is 11.1 Å². The van der Waals surface area contributed by atoms with Crippen molar-refractivity contribution in [2.45, 2.75) is 6.54 Å². The minimum absolute atomic E-state index is 0.571. The number of fused-ring (bicyclic) bond motifs is 1. The number of rotatable bonds is 3. The van der Waals surface area contributed by atoms with E-state index in [4.69, 9.17) is 40.2 Å². The van der Waals surface area contributed by atoms with E-state index in [0.29, 0.717) is 16.6 Å². The molecule has 6 heteroatoms. The molecule has 1 fully saturated rings. The fourth-order valence-corrected chi connectivity index (χ4v) is 3.99. The van der Waals surface area contributed by atoms with Crippen LogP contribution in [0.25, 0.3) is 10.9 Å². The van der Waals surface area contributed by atoms with E-state index in [9.17, 15) is 0 Å². The van der Waals surface area contributed by atoms with E-state index in [2.05, 4.69) is 39.9 Å². The molecule has 0 N–H and O–H groups in total. The largest absolute Gasteiger partial charge is 0.378 e. The van der Waals surface area contributed by atoms with Gasteiger partial charge in [-0.05, 0) is 23.8 Å². The fourth-order valence-electron chi connectivity index (χ4n) is 3.32. The SMILES string of the molecule is S=C(c1cn(Cc2ccc(Cl)c(Cl)c2)c2ccccc12)N1CCOCC1. The van der Waals surface area contributed by atoms with Crippen molar-refractivity contribution in [1.29, 1.82) is 0 Å². The van der Waals surface area contributed by atoms with E-state index in [0.717, 1.165) is 47.9 Å². The molecule has 134 valence electrons. The van der Waals surface area contributed by atoms with Crippen LogP contribution in [0.3, 0.4) is 0 Å². The molecule has 1 saturated heterocycles. The van der Waals surface area contributed by atoms with Crippen molar-refractivity contribution in [3.63, 3.8) is 0 Å². The molecule has 1 aliphatic rings. The first-order valence-corrected chi connectivity index (χ1v) is 9.69. The minimum Gasteiger partial charge on any atom is -0.378 e. The number of thiocarbonyl (C=S) groups is 1. The van der Waals surface area contributed by atoms with Gasteiger partial charge in [0, 0.05) is 42.3 Å². The van der Waals surface area contributed by atoms with Crippen molar-refractivity contribution < 1.29 is 4.74 Å². The van der Waals surface area contributed by atoms with Gasteiger partial charge in [0.05, 0.1) is 23.3 Å². The van der Waals surface area contributed by atoms with Crippen molar-refractivity contribution in [1.82, 2.24) is 9.47 Å². The highest BCUT2D eigenvalue weighted by Gasteiger charge is 2.19. The van der Waals surface area contributed by atoms with Gasteiger partial charge in [-0.25, -0.2) is 0 Å². The third-order valence-electron chi connectivity index (χ3n) is 4.65. The summed E-state index contributed by atoms with van der Waals surface area (Å²) in [4.78, 5) is 3.11. The molecule has 2 aromatic carbocycles. The van der Waals surface area contributed by atoms with Gasteiger partial charge in [0.1, 0.15) is 4.99 Å². The number of halogens is 2. The van der Waals surface area contributed by atoms with Crippen LogP contribution >= 0.6 is 35.4 Å². The van der Waals surface area contributed by atoms with Crippen LogP contribution in [0.4, 0.5) is 0 Å². The van der Waals surface area contributed by atoms with E-state index in [-0.39, 0.29) is 0 Å². The summed E-state index contributed by atoms with van der Waals surface area (Å²) in [5, 5.41) is 2.32. The summed E-state index contributed by atoms with van der Waals surface area (Å²) in [5.41, 5.74) is 3.35. The first-order valence-electron chi connectivity index (χ1n) is 8.52. The molecule has 0 unspecified atom stereocenters. The molecule has 1 aliphatic heterocycles. The van der Waals surface area contributed by atoms with Crippen molar-refractivity contribution in [3.05, 3.63) is 69.8 Å². The average molecular weight is 405 g/mol. The zero-order valence-electron chi connectivity index (χ0n) is 14.1. The molecule has 3 aromatic rings. The summed E-state index contributed by atoms with van der Waals surface area (Å²) in [7, 11) is 0. The predicted octanol–water partition coefficient (Wildman–Crippen LogP) is 5.00. The summed E-state index contributed by atoms with van der Waals surface area (Å²) in [6.07, 6.45) is 2.14. The molecule has 0 saturated carbocycles. The van der Waals surface area contributed by atoms with E-state index in [1.807, 2.05) is 18.2 Å². The third-order valence-corrected chi connectivity index (χ3v) is 5.87. The molecule has 0 amide bonds. The molecule has 0 atom stereocenters. The highest BCUT2D eigenvalue weighted by Crippen LogP contribution is 2.27. The number of para-hydroxylation sites is 1. The summed E-state index contributed by atoms with van der Waals surface area (Å²) in [6.45, 7) is 3.84. The Morgan fingerprint density at radius 2 is 1.81 bits per heavy atom. The van der Waals surface area contributed by atoms with Crippen LogP contribution in [-0.2, 0) is 11.3 Å².